The third-order valence-corrected chi connectivity index (χ3v) is 10.5. The molecule has 0 aliphatic carbocycles. The van der Waals surface area contributed by atoms with Gasteiger partial charge in [-0.3, -0.25) is 42.3 Å². The van der Waals surface area contributed by atoms with Gasteiger partial charge < -0.3 is 30.4 Å². The number of thiol groups is 1. The zero-order chi connectivity index (χ0) is 32.7. The molecule has 26 heteroatoms. The molecule has 10 atom stereocenters. The van der Waals surface area contributed by atoms with Gasteiger partial charge in [0, 0.05) is 0 Å². The number of alkyl halides is 2. The Morgan fingerprint density at radius 1 is 0.891 bits per heavy atom. The number of anilines is 2. The summed E-state index contributed by atoms with van der Waals surface area (Å²) < 4.78 is 80.8. The molecule has 4 aromatic rings. The van der Waals surface area contributed by atoms with Crippen molar-refractivity contribution in [1.82, 2.24) is 39.0 Å². The number of H-pyrrole nitrogens is 2. The molecule has 0 aromatic carbocycles. The topological polar surface area (TPSA) is 272 Å². The minimum absolute atomic E-state index is 0.128. The summed E-state index contributed by atoms with van der Waals surface area (Å²) in [7, 11) is 0. The number of rotatable bonds is 2. The second-order valence-corrected chi connectivity index (χ2v) is 15.9. The zero-order valence-electron chi connectivity index (χ0n) is 22.7. The smallest absolute Gasteiger partial charge is 0.369 e. The molecule has 4 aromatic heterocycles. The van der Waals surface area contributed by atoms with Crippen molar-refractivity contribution in [1.29, 1.82) is 0 Å². The third-order valence-electron chi connectivity index (χ3n) is 7.30. The Morgan fingerprint density at radius 3 is 1.85 bits per heavy atom. The van der Waals surface area contributed by atoms with E-state index in [0.29, 0.717) is 0 Å². The van der Waals surface area contributed by atoms with Crippen LogP contribution in [0.2, 0.25) is 0 Å². The number of nitrogens with two attached hydrogens (primary N) is 2. The van der Waals surface area contributed by atoms with Crippen molar-refractivity contribution in [3.05, 3.63) is 33.4 Å². The molecule has 7 rings (SSSR count). The maximum absolute atomic E-state index is 16.0. The molecule has 46 heavy (non-hydrogen) atoms. The molecule has 0 saturated carbocycles. The second-order valence-electron chi connectivity index (χ2n) is 10.2. The Bertz CT molecular complexity index is 1920. The van der Waals surface area contributed by atoms with Crippen LogP contribution < -0.4 is 22.6 Å². The van der Waals surface area contributed by atoms with E-state index in [0.717, 1.165) is 21.8 Å². The predicted octanol–water partition coefficient (Wildman–Crippen LogP) is -0.0399. The molecule has 3 aliphatic heterocycles. The maximum atomic E-state index is 16.0. The zero-order valence-corrected chi connectivity index (χ0v) is 26.2. The SMILES string of the molecule is Nc1nc2c(ncn2[C@@H]2O[C@@H]3COP(O)(=S)O[C@H]4[C@@H](F)[C@@H](n5cnc6c(=O)[nH]c(N)nc65)O[C@H]4COP(=O)(S)O[C@H]3[C@H]2F)c(=O)[nH]1. The molecular formula is C20H22F2N10O10P2S2. The summed E-state index contributed by atoms with van der Waals surface area (Å²) in [6, 6.07) is 0. The average Bonchev–Trinajstić information content (AvgIpc) is 3.72. The molecule has 3 saturated heterocycles. The van der Waals surface area contributed by atoms with Crippen molar-refractivity contribution < 1.29 is 45.8 Å². The minimum Gasteiger partial charge on any atom is -0.369 e. The lowest BCUT2D eigenvalue weighted by molar-refractivity contribution is -0.0564. The van der Waals surface area contributed by atoms with Gasteiger partial charge in [-0.1, -0.05) is 12.2 Å². The van der Waals surface area contributed by atoms with Crippen LogP contribution in [-0.4, -0.2) is 93.9 Å². The Hall–Kier alpha value is -2.89. The number of ether oxygens (including phenoxy) is 2. The molecule has 2 unspecified atom stereocenters. The van der Waals surface area contributed by atoms with Crippen LogP contribution in [0.3, 0.4) is 0 Å². The van der Waals surface area contributed by atoms with Gasteiger partial charge in [0.2, 0.25) is 11.9 Å². The summed E-state index contributed by atoms with van der Waals surface area (Å²) in [4.78, 5) is 55.7. The van der Waals surface area contributed by atoms with E-state index in [2.05, 4.69) is 42.2 Å². The van der Waals surface area contributed by atoms with Crippen LogP contribution in [0.4, 0.5) is 20.7 Å². The number of nitrogens with one attached hydrogen (secondary N) is 2. The van der Waals surface area contributed by atoms with Crippen molar-refractivity contribution in [2.24, 2.45) is 0 Å². The van der Waals surface area contributed by atoms with Gasteiger partial charge in [0.25, 0.3) is 11.1 Å². The quantitative estimate of drug-likeness (QED) is 0.117. The van der Waals surface area contributed by atoms with Gasteiger partial charge in [-0.25, -0.2) is 23.3 Å². The normalized spacial score (nSPS) is 37.1. The van der Waals surface area contributed by atoms with Crippen molar-refractivity contribution in [3.8, 4) is 0 Å². The number of nitrogen functional groups attached to an aromatic ring is 2. The fraction of sp³-hybridized carbons (Fsp3) is 0.500. The van der Waals surface area contributed by atoms with E-state index in [1.54, 1.807) is 0 Å². The molecule has 0 amide bonds. The number of hydrogen-bond donors (Lipinski definition) is 6. The molecule has 20 nitrogen and oxygen atoms in total. The van der Waals surface area contributed by atoms with Crippen LogP contribution in [0.5, 0.6) is 0 Å². The summed E-state index contributed by atoms with van der Waals surface area (Å²) in [5.74, 6) is -0.552. The second kappa shape index (κ2) is 11.4. The fourth-order valence-corrected chi connectivity index (χ4v) is 8.24. The molecule has 0 radical (unpaired) electrons. The van der Waals surface area contributed by atoms with Gasteiger partial charge in [-0.15, -0.1) is 0 Å². The Labute approximate surface area is 263 Å². The predicted molar refractivity (Wildman–Crippen MR) is 157 cm³/mol. The highest BCUT2D eigenvalue weighted by Crippen LogP contribution is 2.58. The molecule has 0 spiro atoms. The average molecular weight is 727 g/mol. The molecular weight excluding hydrogens is 704 g/mol. The summed E-state index contributed by atoms with van der Waals surface area (Å²) in [6.07, 6.45) is -11.5. The number of aromatic nitrogens is 8. The number of halogens is 2. The van der Waals surface area contributed by atoms with Crippen LogP contribution in [0.1, 0.15) is 12.5 Å². The summed E-state index contributed by atoms with van der Waals surface area (Å²) in [5.41, 5.74) is 9.28. The van der Waals surface area contributed by atoms with Crippen LogP contribution >= 0.6 is 25.8 Å². The van der Waals surface area contributed by atoms with Crippen LogP contribution in [0.25, 0.3) is 22.3 Å². The Morgan fingerprint density at radius 2 is 1.35 bits per heavy atom. The highest BCUT2D eigenvalue weighted by molar-refractivity contribution is 8.44. The van der Waals surface area contributed by atoms with Gasteiger partial charge in [-0.2, -0.15) is 9.97 Å². The number of hydrogen-bond acceptors (Lipinski definition) is 16. The first kappa shape index (κ1) is 31.7. The summed E-state index contributed by atoms with van der Waals surface area (Å²) in [6.45, 7) is -10.2. The van der Waals surface area contributed by atoms with E-state index in [9.17, 15) is 19.0 Å². The monoisotopic (exact) mass is 726 g/mol. The number of fused-ring (bicyclic) bond motifs is 4. The minimum atomic E-state index is -4.47. The van der Waals surface area contributed by atoms with E-state index < -0.39 is 87.1 Å². The van der Waals surface area contributed by atoms with Gasteiger partial charge in [0.05, 0.1) is 25.9 Å². The molecule has 7 heterocycles. The highest BCUT2D eigenvalue weighted by Gasteiger charge is 2.54. The number of imidazole rings is 2. The first-order valence-electron chi connectivity index (χ1n) is 13.1. The van der Waals surface area contributed by atoms with E-state index in [1.165, 1.54) is 0 Å². The summed E-state index contributed by atoms with van der Waals surface area (Å²) >= 11 is 9.07. The first-order valence-corrected chi connectivity index (χ1v) is 18.3. The van der Waals surface area contributed by atoms with Crippen LogP contribution in [-0.2, 0) is 43.9 Å². The third kappa shape index (κ3) is 5.56. The Kier molecular flexibility index (Phi) is 7.84. The van der Waals surface area contributed by atoms with E-state index in [4.69, 9.17) is 50.8 Å². The Balaban J connectivity index is 1.18. The largest absolute Gasteiger partial charge is 0.386 e. The highest BCUT2D eigenvalue weighted by atomic mass is 32.7. The standard InChI is InChI=1S/C20H22F2N10O10P2S2/c21-7-11-5(39-17(7)31-3-25-9-13(31)27-19(23)29-15(9)33)1-37-43(35,45)42-12-6(2-38-44(36,46)41-11)40-18(8(12)22)32-4-26-10-14(32)28-20(24)30-16(10)34/h3-8,11-12,17-18H,1-2H2,(H,35,45)(H,36,46)(H3,23,27,29,33)(H3,24,28,30,34)/t5-,6+,7-,8-,11-,12-,17-,18+,43?,44?/m1/s1. The van der Waals surface area contributed by atoms with Crippen molar-refractivity contribution >= 4 is 71.8 Å². The molecule has 0 bridgehead atoms. The molecule has 248 valence electrons. The number of aromatic amines is 2. The molecule has 3 aliphatic rings. The maximum Gasteiger partial charge on any atom is 0.386 e. The van der Waals surface area contributed by atoms with E-state index in [1.807, 2.05) is 0 Å². The molecule has 3 fully saturated rings. The lowest BCUT2D eigenvalue weighted by atomic mass is 10.1. The lowest BCUT2D eigenvalue weighted by Crippen LogP contribution is -2.37. The van der Waals surface area contributed by atoms with E-state index >= 15 is 8.78 Å². The van der Waals surface area contributed by atoms with Gasteiger partial charge in [-0.05, 0) is 11.8 Å². The van der Waals surface area contributed by atoms with Crippen molar-refractivity contribution in [3.63, 3.8) is 0 Å². The van der Waals surface area contributed by atoms with E-state index in [-0.39, 0.29) is 34.2 Å². The van der Waals surface area contributed by atoms with Gasteiger partial charge in [0.15, 0.2) is 47.1 Å². The first-order chi connectivity index (χ1) is 21.7. The van der Waals surface area contributed by atoms with Crippen molar-refractivity contribution in [2.45, 2.75) is 49.2 Å². The molecule has 7 N–H and O–H groups in total. The fourth-order valence-electron chi connectivity index (χ4n) is 5.32. The number of nitrogens with zero attached hydrogens (tertiary/aromatic N) is 6. The van der Waals surface area contributed by atoms with Gasteiger partial charge in [0.1, 0.15) is 24.4 Å². The van der Waals surface area contributed by atoms with Crippen LogP contribution in [0, 0.1) is 0 Å². The van der Waals surface area contributed by atoms with Crippen LogP contribution in [0.15, 0.2) is 22.2 Å². The van der Waals surface area contributed by atoms with Gasteiger partial charge >= 0.3 is 13.5 Å². The lowest BCUT2D eigenvalue weighted by Gasteiger charge is -2.29. The van der Waals surface area contributed by atoms with Crippen molar-refractivity contribution in [2.75, 3.05) is 24.7 Å². The summed E-state index contributed by atoms with van der Waals surface area (Å²) in [5, 5.41) is 0.